The molecule has 0 spiro atoms. The second-order valence-electron chi connectivity index (χ2n) is 5.74. The number of nitrogens with one attached hydrogen (secondary N) is 1. The van der Waals surface area contributed by atoms with E-state index < -0.39 is 0 Å². The molecule has 1 amide bonds. The van der Waals surface area contributed by atoms with E-state index in [0.717, 1.165) is 12.1 Å². The van der Waals surface area contributed by atoms with Crippen molar-refractivity contribution >= 4 is 17.5 Å². The number of carbonyl (C=O) groups excluding carboxylic acids is 1. The fourth-order valence-electron chi connectivity index (χ4n) is 2.61. The summed E-state index contributed by atoms with van der Waals surface area (Å²) in [5, 5.41) is 7.60. The van der Waals surface area contributed by atoms with Gasteiger partial charge in [-0.05, 0) is 25.5 Å². The van der Waals surface area contributed by atoms with E-state index in [-0.39, 0.29) is 18.1 Å². The van der Waals surface area contributed by atoms with E-state index in [4.69, 9.17) is 21.1 Å². The molecule has 2 aromatic rings. The first-order valence-corrected chi connectivity index (χ1v) is 8.29. The van der Waals surface area contributed by atoms with Gasteiger partial charge in [-0.1, -0.05) is 23.7 Å². The van der Waals surface area contributed by atoms with E-state index in [2.05, 4.69) is 10.4 Å². The van der Waals surface area contributed by atoms with Gasteiger partial charge in [0, 0.05) is 6.54 Å². The molecule has 0 unspecified atom stereocenters. The smallest absolute Gasteiger partial charge is 0.253 e. The van der Waals surface area contributed by atoms with E-state index in [1.54, 1.807) is 16.9 Å². The van der Waals surface area contributed by atoms with Crippen LogP contribution in [0.2, 0.25) is 5.02 Å². The minimum atomic E-state index is -0.257. The number of carbonyl (C=O) groups is 1. The van der Waals surface area contributed by atoms with Crippen LogP contribution in [0, 0.1) is 6.92 Å². The highest BCUT2D eigenvalue weighted by atomic mass is 35.5. The van der Waals surface area contributed by atoms with Gasteiger partial charge in [0.1, 0.15) is 6.10 Å². The molecular formula is C17H20ClN3O3. The third-order valence-corrected chi connectivity index (χ3v) is 4.50. The van der Waals surface area contributed by atoms with E-state index in [1.807, 2.05) is 32.2 Å². The number of hydrogen-bond donors (Lipinski definition) is 1. The number of benzene rings is 1. The van der Waals surface area contributed by atoms with Crippen molar-refractivity contribution in [1.29, 1.82) is 0 Å². The van der Waals surface area contributed by atoms with Crippen LogP contribution in [-0.4, -0.2) is 41.0 Å². The molecule has 1 aromatic heterocycles. The lowest BCUT2D eigenvalue weighted by Crippen LogP contribution is -2.45. The topological polar surface area (TPSA) is 65.4 Å². The van der Waals surface area contributed by atoms with Crippen LogP contribution < -0.4 is 10.1 Å². The molecule has 2 heterocycles. The molecule has 1 aliphatic rings. The molecule has 2 atom stereocenters. The van der Waals surface area contributed by atoms with Gasteiger partial charge in [-0.2, -0.15) is 5.10 Å². The Morgan fingerprint density at radius 2 is 2.33 bits per heavy atom. The average Bonchev–Trinajstić information content (AvgIpc) is 3.20. The van der Waals surface area contributed by atoms with Crippen molar-refractivity contribution in [3.05, 3.63) is 46.7 Å². The van der Waals surface area contributed by atoms with Crippen molar-refractivity contribution in [3.63, 3.8) is 0 Å². The molecule has 1 N–H and O–H groups in total. The molecule has 3 rings (SSSR count). The van der Waals surface area contributed by atoms with Crippen LogP contribution in [0.15, 0.2) is 30.6 Å². The number of ether oxygens (including phenoxy) is 2. The third kappa shape index (κ3) is 3.55. The van der Waals surface area contributed by atoms with Crippen LogP contribution in [-0.2, 0) is 11.3 Å². The Balaban J connectivity index is 1.67. The van der Waals surface area contributed by atoms with Gasteiger partial charge >= 0.3 is 0 Å². The number of amides is 1. The number of aromatic nitrogens is 2. The Morgan fingerprint density at radius 3 is 3.08 bits per heavy atom. The number of halogens is 1. The van der Waals surface area contributed by atoms with E-state index in [1.165, 1.54) is 0 Å². The highest BCUT2D eigenvalue weighted by Crippen LogP contribution is 2.21. The molecule has 0 bridgehead atoms. The van der Waals surface area contributed by atoms with Crippen LogP contribution in [0.4, 0.5) is 0 Å². The monoisotopic (exact) mass is 349 g/mol. The van der Waals surface area contributed by atoms with Crippen molar-refractivity contribution < 1.29 is 14.3 Å². The standard InChI is InChI=1S/C17H20ClN3O3/c1-3-21-8-12(7-19-21)24-15-10-23-9-14(15)20-17(22)13-6-4-5-11(2)16(13)18/h4-8,14-15H,3,9-10H2,1-2H3,(H,20,22)/t14-,15+/m0/s1. The molecule has 0 saturated carbocycles. The molecule has 24 heavy (non-hydrogen) atoms. The van der Waals surface area contributed by atoms with Gasteiger partial charge in [0.15, 0.2) is 5.75 Å². The number of nitrogens with zero attached hydrogens (tertiary/aromatic N) is 2. The number of hydrogen-bond acceptors (Lipinski definition) is 4. The van der Waals surface area contributed by atoms with Crippen LogP contribution >= 0.6 is 11.6 Å². The summed E-state index contributed by atoms with van der Waals surface area (Å²) >= 11 is 6.22. The van der Waals surface area contributed by atoms with Gasteiger partial charge in [-0.15, -0.1) is 0 Å². The first-order valence-electron chi connectivity index (χ1n) is 7.91. The first kappa shape index (κ1) is 16.8. The van der Waals surface area contributed by atoms with Crippen molar-refractivity contribution in [2.45, 2.75) is 32.5 Å². The summed E-state index contributed by atoms with van der Waals surface area (Å²) in [6.07, 6.45) is 3.24. The van der Waals surface area contributed by atoms with E-state index >= 15 is 0 Å². The lowest BCUT2D eigenvalue weighted by Gasteiger charge is -2.20. The van der Waals surface area contributed by atoms with Gasteiger partial charge in [0.05, 0.1) is 42.2 Å². The van der Waals surface area contributed by atoms with Crippen LogP contribution in [0.25, 0.3) is 0 Å². The van der Waals surface area contributed by atoms with Crippen molar-refractivity contribution in [3.8, 4) is 5.75 Å². The minimum absolute atomic E-state index is 0.225. The molecule has 7 heteroatoms. The summed E-state index contributed by atoms with van der Waals surface area (Å²) < 4.78 is 13.2. The summed E-state index contributed by atoms with van der Waals surface area (Å²) in [4.78, 5) is 12.5. The Morgan fingerprint density at radius 1 is 1.50 bits per heavy atom. The summed E-state index contributed by atoms with van der Waals surface area (Å²) in [6.45, 7) is 5.47. The van der Waals surface area contributed by atoms with Crippen LogP contribution in [0.5, 0.6) is 5.75 Å². The Labute approximate surface area is 145 Å². The summed E-state index contributed by atoms with van der Waals surface area (Å²) in [5.74, 6) is 0.442. The zero-order valence-electron chi connectivity index (χ0n) is 13.7. The maximum absolute atomic E-state index is 12.5. The molecule has 1 aliphatic heterocycles. The molecule has 0 radical (unpaired) electrons. The first-order chi connectivity index (χ1) is 11.6. The van der Waals surface area contributed by atoms with Gasteiger partial charge < -0.3 is 14.8 Å². The second-order valence-corrected chi connectivity index (χ2v) is 6.12. The SMILES string of the molecule is CCn1cc(O[C@@H]2COC[C@@H]2NC(=O)c2cccc(C)c2Cl)cn1. The second kappa shape index (κ2) is 7.23. The van der Waals surface area contributed by atoms with Crippen molar-refractivity contribution in [2.24, 2.45) is 0 Å². The number of rotatable bonds is 5. The molecule has 1 fully saturated rings. The fraction of sp³-hybridized carbons (Fsp3) is 0.412. The highest BCUT2D eigenvalue weighted by Gasteiger charge is 2.32. The van der Waals surface area contributed by atoms with Crippen LogP contribution in [0.3, 0.4) is 0 Å². The Bertz CT molecular complexity index is 732. The van der Waals surface area contributed by atoms with Gasteiger partial charge in [0.2, 0.25) is 0 Å². The summed E-state index contributed by atoms with van der Waals surface area (Å²) in [7, 11) is 0. The molecule has 128 valence electrons. The zero-order valence-corrected chi connectivity index (χ0v) is 14.4. The normalized spacial score (nSPS) is 20.1. The molecule has 0 aliphatic carbocycles. The highest BCUT2D eigenvalue weighted by molar-refractivity contribution is 6.34. The van der Waals surface area contributed by atoms with E-state index in [0.29, 0.717) is 29.5 Å². The molecule has 6 nitrogen and oxygen atoms in total. The molecule has 1 aromatic carbocycles. The predicted molar refractivity (Wildman–Crippen MR) is 90.6 cm³/mol. The third-order valence-electron chi connectivity index (χ3n) is 4.00. The Kier molecular flexibility index (Phi) is 5.06. The largest absolute Gasteiger partial charge is 0.482 e. The lowest BCUT2D eigenvalue weighted by molar-refractivity contribution is 0.0904. The minimum Gasteiger partial charge on any atom is -0.482 e. The maximum atomic E-state index is 12.5. The lowest BCUT2D eigenvalue weighted by atomic mass is 10.1. The molecule has 1 saturated heterocycles. The number of aryl methyl sites for hydroxylation is 2. The van der Waals surface area contributed by atoms with Crippen molar-refractivity contribution in [1.82, 2.24) is 15.1 Å². The molecular weight excluding hydrogens is 330 g/mol. The average molecular weight is 350 g/mol. The predicted octanol–water partition coefficient (Wildman–Crippen LogP) is 2.44. The van der Waals surface area contributed by atoms with Gasteiger partial charge in [0.25, 0.3) is 5.91 Å². The maximum Gasteiger partial charge on any atom is 0.253 e. The summed E-state index contributed by atoms with van der Waals surface area (Å²) in [6, 6.07) is 5.16. The zero-order chi connectivity index (χ0) is 17.1. The Hall–Kier alpha value is -2.05. The van der Waals surface area contributed by atoms with Gasteiger partial charge in [-0.3, -0.25) is 9.48 Å². The van der Waals surface area contributed by atoms with Gasteiger partial charge in [-0.25, -0.2) is 0 Å². The van der Waals surface area contributed by atoms with E-state index in [9.17, 15) is 4.79 Å². The quantitative estimate of drug-likeness (QED) is 0.900. The fourth-order valence-corrected chi connectivity index (χ4v) is 2.82. The van der Waals surface area contributed by atoms with Crippen molar-refractivity contribution in [2.75, 3.05) is 13.2 Å². The van der Waals surface area contributed by atoms with Crippen LogP contribution in [0.1, 0.15) is 22.8 Å². The summed E-state index contributed by atoms with van der Waals surface area (Å²) in [5.41, 5.74) is 1.33.